The normalized spacial score (nSPS) is 11.7. The molecule has 0 aromatic heterocycles. The van der Waals surface area contributed by atoms with Crippen molar-refractivity contribution < 1.29 is 23.5 Å². The van der Waals surface area contributed by atoms with E-state index in [1.54, 1.807) is 6.07 Å². The van der Waals surface area contributed by atoms with E-state index < -0.39 is 17.7 Å². The topological polar surface area (TPSA) is 102 Å². The first-order chi connectivity index (χ1) is 20.0. The molecule has 1 heterocycles. The van der Waals surface area contributed by atoms with Crippen LogP contribution in [0.4, 0.5) is 10.5 Å². The minimum absolute atomic E-state index is 0. The number of amides is 1. The number of alkyl carbamates (subject to hydrolysis) is 1. The van der Waals surface area contributed by atoms with Crippen LogP contribution in [0, 0.1) is 13.8 Å². The first-order valence-electron chi connectivity index (χ1n) is 14.5. The number of halogens is 1. The van der Waals surface area contributed by atoms with E-state index in [0.29, 0.717) is 36.4 Å². The van der Waals surface area contributed by atoms with Gasteiger partial charge in [0.2, 0.25) is 0 Å². The van der Waals surface area contributed by atoms with E-state index in [2.05, 4.69) is 41.6 Å². The monoisotopic (exact) mass is 607 g/mol. The number of nitrogens with zero attached hydrogens (tertiary/aromatic N) is 1. The second-order valence-corrected chi connectivity index (χ2v) is 11.2. The molecule has 0 fully saturated rings. The Morgan fingerprint density at radius 1 is 0.977 bits per heavy atom. The fraction of sp³-hybridized carbons (Fsp3) is 0.382. The molecule has 0 radical (unpaired) electrons. The van der Waals surface area contributed by atoms with Crippen molar-refractivity contribution in [3.63, 3.8) is 0 Å². The largest absolute Gasteiger partial charge is 0.462 e. The van der Waals surface area contributed by atoms with E-state index in [0.717, 1.165) is 50.8 Å². The van der Waals surface area contributed by atoms with Crippen LogP contribution in [-0.4, -0.2) is 43.9 Å². The summed E-state index contributed by atoms with van der Waals surface area (Å²) in [6.45, 7) is 15.5. The average Bonchev–Trinajstić information content (AvgIpc) is 2.92. The number of nitrogens with one attached hydrogen (secondary N) is 2. The predicted octanol–water partition coefficient (Wildman–Crippen LogP) is 7.67. The van der Waals surface area contributed by atoms with Gasteiger partial charge in [-0.15, -0.1) is 12.4 Å². The lowest BCUT2D eigenvalue weighted by Crippen LogP contribution is -2.33. The Hall–Kier alpha value is -4.04. The summed E-state index contributed by atoms with van der Waals surface area (Å²) in [6.07, 6.45) is -0.0383. The molecule has 8 nitrogen and oxygen atoms in total. The number of carbonyl (C=O) groups is 2. The minimum atomic E-state index is -0.573. The van der Waals surface area contributed by atoms with Crippen LogP contribution in [0.1, 0.15) is 62.5 Å². The number of hydrogen-bond acceptors (Lipinski definition) is 7. The lowest BCUT2D eigenvalue weighted by Gasteiger charge is -2.20. The number of anilines is 1. The highest BCUT2D eigenvalue weighted by molar-refractivity contribution is 6.08. The van der Waals surface area contributed by atoms with Crippen LogP contribution in [0.5, 0.6) is 0 Å². The first-order valence-corrected chi connectivity index (χ1v) is 14.5. The smallest absolute Gasteiger partial charge is 0.407 e. The quantitative estimate of drug-likeness (QED) is 0.115. The Morgan fingerprint density at radius 2 is 1.72 bits per heavy atom. The van der Waals surface area contributed by atoms with Crippen molar-refractivity contribution in [1.82, 2.24) is 5.32 Å². The Morgan fingerprint density at radius 3 is 2.42 bits per heavy atom. The van der Waals surface area contributed by atoms with Gasteiger partial charge in [0.25, 0.3) is 0 Å². The molecule has 1 aliphatic heterocycles. The molecule has 9 heteroatoms. The van der Waals surface area contributed by atoms with Gasteiger partial charge in [0, 0.05) is 54.0 Å². The fourth-order valence-corrected chi connectivity index (χ4v) is 4.90. The third-order valence-electron chi connectivity index (χ3n) is 6.72. The first kappa shape index (κ1) is 33.5. The molecule has 230 valence electrons. The molecule has 2 N–H and O–H groups in total. The third kappa shape index (κ3) is 8.08. The van der Waals surface area contributed by atoms with Crippen LogP contribution in [0.2, 0.25) is 0 Å². The molecule has 2 aliphatic rings. The van der Waals surface area contributed by atoms with Crippen molar-refractivity contribution in [3.05, 3.63) is 70.6 Å². The highest BCUT2D eigenvalue weighted by Crippen LogP contribution is 2.43. The summed E-state index contributed by atoms with van der Waals surface area (Å²) in [6, 6.07) is 15.7. The van der Waals surface area contributed by atoms with Gasteiger partial charge in [-0.1, -0.05) is 18.2 Å². The maximum atomic E-state index is 13.4. The molecule has 1 amide bonds. The van der Waals surface area contributed by atoms with E-state index in [1.165, 1.54) is 0 Å². The van der Waals surface area contributed by atoms with Crippen LogP contribution in [0.15, 0.2) is 57.9 Å². The fourth-order valence-electron chi connectivity index (χ4n) is 4.90. The van der Waals surface area contributed by atoms with Crippen LogP contribution < -0.4 is 16.0 Å². The van der Waals surface area contributed by atoms with E-state index in [-0.39, 0.29) is 19.0 Å². The highest BCUT2D eigenvalue weighted by atomic mass is 35.5. The third-order valence-corrected chi connectivity index (χ3v) is 6.72. The van der Waals surface area contributed by atoms with Gasteiger partial charge in [0.1, 0.15) is 16.9 Å². The average molecular weight is 608 g/mol. The Bertz CT molecular complexity index is 1640. The minimum Gasteiger partial charge on any atom is -0.462 e. The summed E-state index contributed by atoms with van der Waals surface area (Å²) >= 11 is 0. The lowest BCUT2D eigenvalue weighted by molar-refractivity contribution is 0.0484. The molecule has 0 saturated heterocycles. The number of fused-ring (bicyclic) bond motifs is 2. The zero-order valence-corrected chi connectivity index (χ0v) is 26.9. The van der Waals surface area contributed by atoms with Crippen molar-refractivity contribution in [2.24, 2.45) is 4.99 Å². The van der Waals surface area contributed by atoms with Gasteiger partial charge in [0.15, 0.2) is 0 Å². The van der Waals surface area contributed by atoms with Gasteiger partial charge in [0.05, 0.1) is 17.5 Å². The van der Waals surface area contributed by atoms with E-state index in [9.17, 15) is 9.59 Å². The number of benzene rings is 3. The zero-order chi connectivity index (χ0) is 30.4. The predicted molar refractivity (Wildman–Crippen MR) is 174 cm³/mol. The Labute approximate surface area is 259 Å². The number of ether oxygens (including phenoxy) is 2. The Balaban J connectivity index is 0.00000506. The molecule has 1 aliphatic carbocycles. The molecular weight excluding hydrogens is 566 g/mol. The van der Waals surface area contributed by atoms with Crippen LogP contribution in [0.3, 0.4) is 0 Å². The van der Waals surface area contributed by atoms with Gasteiger partial charge in [-0.05, 0) is 89.8 Å². The van der Waals surface area contributed by atoms with Crippen molar-refractivity contribution in [1.29, 1.82) is 0 Å². The van der Waals surface area contributed by atoms with Gasteiger partial charge in [-0.2, -0.15) is 0 Å². The molecule has 0 atom stereocenters. The number of rotatable bonds is 9. The number of esters is 1. The molecule has 0 spiro atoms. The SMILES string of the molecule is CCN=c1cc2oc3cc(NCC)c(C)cc3c(-c3ccccc3C(=O)OCCCNC(=O)OC(C)(C)C)c-2cc1C.Cl. The van der Waals surface area contributed by atoms with Crippen molar-refractivity contribution >= 4 is 41.1 Å². The standard InChI is InChI=1S/C34H41N3O5.ClH/c1-8-35-27-19-29-25(17-21(27)3)31(26-18-22(4)28(36-9-2)20-30(26)41-29)23-13-10-11-14-24(23)32(38)40-16-12-15-37-33(39)42-34(5,6)7;/h10-11,13-14,17-20,35H,8-9,12,15-16H2,1-7H3,(H,37,39);1H. The number of hydrogen-bond donors (Lipinski definition) is 2. The molecule has 2 aromatic carbocycles. The van der Waals surface area contributed by atoms with Gasteiger partial charge in [-0.3, -0.25) is 4.99 Å². The van der Waals surface area contributed by atoms with Crippen molar-refractivity contribution in [3.8, 4) is 22.5 Å². The molecule has 43 heavy (non-hydrogen) atoms. The second kappa shape index (κ2) is 14.4. The summed E-state index contributed by atoms with van der Waals surface area (Å²) in [4.78, 5) is 30.0. The van der Waals surface area contributed by atoms with Crippen LogP contribution in [0.25, 0.3) is 33.4 Å². The molecule has 2 aromatic rings. The van der Waals surface area contributed by atoms with Crippen molar-refractivity contribution in [2.75, 3.05) is 31.6 Å². The van der Waals surface area contributed by atoms with Crippen molar-refractivity contribution in [2.45, 2.75) is 60.5 Å². The second-order valence-electron chi connectivity index (χ2n) is 11.2. The lowest BCUT2D eigenvalue weighted by atomic mass is 9.89. The van der Waals surface area contributed by atoms with Gasteiger partial charge < -0.3 is 24.5 Å². The number of aryl methyl sites for hydroxylation is 2. The Kier molecular flexibility index (Phi) is 11.2. The van der Waals surface area contributed by atoms with E-state index in [4.69, 9.17) is 13.9 Å². The summed E-state index contributed by atoms with van der Waals surface area (Å²) in [7, 11) is 0. The molecule has 0 unspecified atom stereocenters. The van der Waals surface area contributed by atoms with Gasteiger partial charge in [-0.25, -0.2) is 9.59 Å². The summed E-state index contributed by atoms with van der Waals surface area (Å²) < 4.78 is 17.4. The van der Waals surface area contributed by atoms with E-state index >= 15 is 0 Å². The highest BCUT2D eigenvalue weighted by Gasteiger charge is 2.23. The molecule has 0 bridgehead atoms. The van der Waals surface area contributed by atoms with Crippen LogP contribution >= 0.6 is 12.4 Å². The molecule has 0 saturated carbocycles. The maximum Gasteiger partial charge on any atom is 0.407 e. The molecule has 4 rings (SSSR count). The summed E-state index contributed by atoms with van der Waals surface area (Å²) in [5.41, 5.74) is 6.26. The van der Waals surface area contributed by atoms with Crippen LogP contribution in [-0.2, 0) is 9.47 Å². The summed E-state index contributed by atoms with van der Waals surface area (Å²) in [5.74, 6) is 0.262. The number of carbonyl (C=O) groups excluding carboxylic acids is 2. The maximum absolute atomic E-state index is 13.4. The zero-order valence-electron chi connectivity index (χ0n) is 26.1. The van der Waals surface area contributed by atoms with E-state index in [1.807, 2.05) is 65.0 Å². The summed E-state index contributed by atoms with van der Waals surface area (Å²) in [5, 5.41) is 7.89. The van der Waals surface area contributed by atoms with Gasteiger partial charge >= 0.3 is 12.1 Å². The molecular formula is C34H42ClN3O5.